The Morgan fingerprint density at radius 3 is 2.06 bits per heavy atom. The van der Waals surface area contributed by atoms with Crippen LogP contribution < -0.4 is 4.74 Å². The fourth-order valence-electron chi connectivity index (χ4n) is 3.09. The molecule has 0 aliphatic carbocycles. The van der Waals surface area contributed by atoms with Crippen LogP contribution in [-0.2, 0) is 20.9 Å². The number of rotatable bonds is 9. The Morgan fingerprint density at radius 1 is 0.778 bits per heavy atom. The predicted octanol–water partition coefficient (Wildman–Crippen LogP) is 7.27. The summed E-state index contributed by atoms with van der Waals surface area (Å²) in [5.74, 6) is -0.859. The quantitative estimate of drug-likeness (QED) is 0.139. The summed E-state index contributed by atoms with van der Waals surface area (Å²) in [5, 5.41) is 0. The molecule has 0 spiro atoms. The van der Waals surface area contributed by atoms with Crippen molar-refractivity contribution in [2.75, 3.05) is 0 Å². The first-order valence-electron chi connectivity index (χ1n) is 11.3. The molecule has 0 unspecified atom stereocenters. The van der Waals surface area contributed by atoms with Crippen molar-refractivity contribution in [2.24, 2.45) is 0 Å². The Labute approximate surface area is 210 Å². The summed E-state index contributed by atoms with van der Waals surface area (Å²) in [7, 11) is 0. The first-order chi connectivity index (χ1) is 17.2. The second-order valence-electron chi connectivity index (χ2n) is 8.24. The third-order valence-corrected chi connectivity index (χ3v) is 5.14. The van der Waals surface area contributed by atoms with E-state index < -0.39 is 11.9 Å². The van der Waals surface area contributed by atoms with Crippen molar-refractivity contribution in [1.29, 1.82) is 0 Å². The van der Waals surface area contributed by atoms with E-state index in [1.165, 1.54) is 6.07 Å². The van der Waals surface area contributed by atoms with E-state index in [-0.39, 0.29) is 12.4 Å². The minimum atomic E-state index is -0.474. The standard InChI is InChI=1S/C31H27FO4/c1-21(2)30(33)35-20-27-8-6-5-7-25(27)15-16-26-14-11-24(19-29(26)32)10-9-23-12-17-28(18-13-23)36-31(34)22(3)4/h5-19H,1,3,20H2,2,4H3/b10-9+,16-15+. The maximum atomic E-state index is 14.7. The van der Waals surface area contributed by atoms with Gasteiger partial charge in [-0.2, -0.15) is 0 Å². The highest BCUT2D eigenvalue weighted by Gasteiger charge is 2.07. The molecule has 3 aromatic rings. The summed E-state index contributed by atoms with van der Waals surface area (Å²) in [6.07, 6.45) is 7.13. The Balaban J connectivity index is 1.67. The minimum absolute atomic E-state index is 0.107. The number of carbonyl (C=O) groups excluding carboxylic acids is 2. The lowest BCUT2D eigenvalue weighted by Gasteiger charge is -2.08. The van der Waals surface area contributed by atoms with Gasteiger partial charge in [0.1, 0.15) is 18.2 Å². The van der Waals surface area contributed by atoms with Crippen molar-refractivity contribution in [1.82, 2.24) is 0 Å². The van der Waals surface area contributed by atoms with E-state index in [2.05, 4.69) is 13.2 Å². The van der Waals surface area contributed by atoms with Crippen LogP contribution in [0, 0.1) is 5.82 Å². The van der Waals surface area contributed by atoms with Gasteiger partial charge in [0.15, 0.2) is 0 Å². The molecule has 182 valence electrons. The summed E-state index contributed by atoms with van der Waals surface area (Å²) in [6.45, 7) is 10.4. The number of ether oxygens (including phenoxy) is 2. The van der Waals surface area contributed by atoms with E-state index in [1.54, 1.807) is 62.4 Å². The highest BCUT2D eigenvalue weighted by molar-refractivity contribution is 5.89. The molecule has 0 fully saturated rings. The normalized spacial score (nSPS) is 11.0. The predicted molar refractivity (Wildman–Crippen MR) is 142 cm³/mol. The van der Waals surface area contributed by atoms with Gasteiger partial charge in [0, 0.05) is 16.7 Å². The van der Waals surface area contributed by atoms with E-state index in [1.807, 2.05) is 36.4 Å². The van der Waals surface area contributed by atoms with Gasteiger partial charge in [-0.1, -0.05) is 86.0 Å². The van der Waals surface area contributed by atoms with Crippen LogP contribution in [0.5, 0.6) is 5.75 Å². The van der Waals surface area contributed by atoms with Crippen LogP contribution in [0.1, 0.15) is 41.7 Å². The molecule has 3 rings (SSSR count). The minimum Gasteiger partial charge on any atom is -0.457 e. The molecule has 36 heavy (non-hydrogen) atoms. The summed E-state index contributed by atoms with van der Waals surface area (Å²) >= 11 is 0. The SMILES string of the molecule is C=C(C)C(=O)OCc1ccccc1/C=C/c1ccc(/C=C/c2ccc(OC(=O)C(=C)C)cc2)cc1F. The molecule has 0 bridgehead atoms. The van der Waals surface area contributed by atoms with Crippen molar-refractivity contribution < 1.29 is 23.5 Å². The van der Waals surface area contributed by atoms with Gasteiger partial charge in [-0.3, -0.25) is 0 Å². The fourth-order valence-corrected chi connectivity index (χ4v) is 3.09. The van der Waals surface area contributed by atoms with Gasteiger partial charge in [-0.05, 0) is 54.3 Å². The zero-order valence-corrected chi connectivity index (χ0v) is 20.3. The largest absolute Gasteiger partial charge is 0.457 e. The lowest BCUT2D eigenvalue weighted by Crippen LogP contribution is -2.07. The molecule has 0 saturated heterocycles. The number of benzene rings is 3. The number of hydrogen-bond donors (Lipinski definition) is 0. The van der Waals surface area contributed by atoms with Crippen LogP contribution in [-0.4, -0.2) is 11.9 Å². The summed E-state index contributed by atoms with van der Waals surface area (Å²) in [6, 6.07) is 19.4. The molecule has 4 nitrogen and oxygen atoms in total. The maximum absolute atomic E-state index is 14.7. The van der Waals surface area contributed by atoms with Gasteiger partial charge >= 0.3 is 11.9 Å². The van der Waals surface area contributed by atoms with Crippen molar-refractivity contribution in [3.05, 3.63) is 125 Å². The third kappa shape index (κ3) is 7.50. The van der Waals surface area contributed by atoms with Crippen LogP contribution in [0.25, 0.3) is 24.3 Å². The molecule has 0 aliphatic rings. The van der Waals surface area contributed by atoms with Crippen LogP contribution in [0.15, 0.2) is 91.0 Å². The topological polar surface area (TPSA) is 52.6 Å². The molecular formula is C31H27FO4. The molecule has 0 amide bonds. The average Bonchev–Trinajstić information content (AvgIpc) is 2.86. The summed E-state index contributed by atoms with van der Waals surface area (Å²) in [4.78, 5) is 23.3. The molecule has 0 heterocycles. The van der Waals surface area contributed by atoms with Crippen LogP contribution in [0.4, 0.5) is 4.39 Å². The van der Waals surface area contributed by atoms with Gasteiger partial charge in [-0.25, -0.2) is 14.0 Å². The third-order valence-electron chi connectivity index (χ3n) is 5.14. The molecule has 0 atom stereocenters. The van der Waals surface area contributed by atoms with Crippen molar-refractivity contribution in [2.45, 2.75) is 20.5 Å². The average molecular weight is 483 g/mol. The number of esters is 2. The second-order valence-corrected chi connectivity index (χ2v) is 8.24. The van der Waals surface area contributed by atoms with E-state index in [4.69, 9.17) is 9.47 Å². The lowest BCUT2D eigenvalue weighted by molar-refractivity contribution is -0.140. The highest BCUT2D eigenvalue weighted by Crippen LogP contribution is 2.20. The first-order valence-corrected chi connectivity index (χ1v) is 11.3. The summed E-state index contributed by atoms with van der Waals surface area (Å²) < 4.78 is 25.2. The van der Waals surface area contributed by atoms with Crippen molar-refractivity contribution >= 4 is 36.2 Å². The lowest BCUT2D eigenvalue weighted by atomic mass is 10.0. The van der Waals surface area contributed by atoms with Crippen molar-refractivity contribution in [3.8, 4) is 5.75 Å². The molecular weight excluding hydrogens is 455 g/mol. The van der Waals surface area contributed by atoms with E-state index in [9.17, 15) is 14.0 Å². The molecule has 0 aliphatic heterocycles. The van der Waals surface area contributed by atoms with E-state index in [0.29, 0.717) is 28.0 Å². The Kier molecular flexibility index (Phi) is 8.89. The Hall–Kier alpha value is -4.51. The van der Waals surface area contributed by atoms with Gasteiger partial charge in [0.25, 0.3) is 0 Å². The highest BCUT2D eigenvalue weighted by atomic mass is 19.1. The fraction of sp³-hybridized carbons (Fsp3) is 0.0968. The van der Waals surface area contributed by atoms with Gasteiger partial charge in [-0.15, -0.1) is 0 Å². The van der Waals surface area contributed by atoms with E-state index in [0.717, 1.165) is 16.7 Å². The van der Waals surface area contributed by atoms with Crippen LogP contribution in [0.3, 0.4) is 0 Å². The molecule has 0 radical (unpaired) electrons. The molecule has 3 aromatic carbocycles. The second kappa shape index (κ2) is 12.3. The smallest absolute Gasteiger partial charge is 0.338 e. The monoisotopic (exact) mass is 482 g/mol. The van der Waals surface area contributed by atoms with Gasteiger partial charge < -0.3 is 9.47 Å². The molecule has 0 aromatic heterocycles. The number of hydrogen-bond acceptors (Lipinski definition) is 4. The maximum Gasteiger partial charge on any atom is 0.338 e. The van der Waals surface area contributed by atoms with E-state index >= 15 is 0 Å². The molecule has 0 saturated carbocycles. The Bertz CT molecular complexity index is 1350. The molecule has 5 heteroatoms. The van der Waals surface area contributed by atoms with Crippen LogP contribution in [0.2, 0.25) is 0 Å². The first kappa shape index (κ1) is 26.1. The number of halogens is 1. The van der Waals surface area contributed by atoms with Crippen LogP contribution >= 0.6 is 0 Å². The number of carbonyl (C=O) groups is 2. The zero-order chi connectivity index (χ0) is 26.1. The summed E-state index contributed by atoms with van der Waals surface area (Å²) in [5.41, 5.74) is 4.31. The van der Waals surface area contributed by atoms with Crippen molar-refractivity contribution in [3.63, 3.8) is 0 Å². The van der Waals surface area contributed by atoms with Gasteiger partial charge in [0.2, 0.25) is 0 Å². The molecule has 0 N–H and O–H groups in total. The zero-order valence-electron chi connectivity index (χ0n) is 20.3. The Morgan fingerprint density at radius 2 is 1.39 bits per heavy atom. The van der Waals surface area contributed by atoms with Gasteiger partial charge in [0.05, 0.1) is 0 Å².